The van der Waals surface area contributed by atoms with Crippen LogP contribution in [0.2, 0.25) is 5.02 Å². The van der Waals surface area contributed by atoms with Crippen LogP contribution in [0.15, 0.2) is 16.6 Å². The second-order valence-corrected chi connectivity index (χ2v) is 5.74. The van der Waals surface area contributed by atoms with Crippen LogP contribution in [-0.2, 0) is 4.74 Å². The molecule has 0 unspecified atom stereocenters. The Bertz CT molecular complexity index is 369. The van der Waals surface area contributed by atoms with Gasteiger partial charge in [-0.2, -0.15) is 0 Å². The third-order valence-corrected chi connectivity index (χ3v) is 3.32. The molecule has 0 aliphatic heterocycles. The summed E-state index contributed by atoms with van der Waals surface area (Å²) in [7, 11) is 0. The summed E-state index contributed by atoms with van der Waals surface area (Å²) in [6.07, 6.45) is 0. The zero-order valence-corrected chi connectivity index (χ0v) is 12.9. The molecule has 2 nitrogen and oxygen atoms in total. The number of hydrogen-bond donors (Lipinski definition) is 1. The summed E-state index contributed by atoms with van der Waals surface area (Å²) >= 11 is 9.59. The van der Waals surface area contributed by atoms with Gasteiger partial charge in [-0.3, -0.25) is 0 Å². The molecule has 0 saturated carbocycles. The molecule has 96 valence electrons. The Labute approximate surface area is 117 Å². The van der Waals surface area contributed by atoms with Crippen molar-refractivity contribution in [2.24, 2.45) is 5.92 Å². The molecule has 1 N–H and O–H groups in total. The Kier molecular flexibility index (Phi) is 6.31. The van der Waals surface area contributed by atoms with E-state index in [0.717, 1.165) is 33.9 Å². The fraction of sp³-hybridized carbons (Fsp3) is 0.538. The number of ether oxygens (including phenoxy) is 1. The molecule has 0 radical (unpaired) electrons. The van der Waals surface area contributed by atoms with E-state index >= 15 is 0 Å². The normalized spacial score (nSPS) is 10.9. The van der Waals surface area contributed by atoms with Crippen molar-refractivity contribution in [1.82, 2.24) is 0 Å². The monoisotopic (exact) mass is 319 g/mol. The fourth-order valence-electron chi connectivity index (χ4n) is 1.36. The van der Waals surface area contributed by atoms with Gasteiger partial charge in [0, 0.05) is 22.6 Å². The van der Waals surface area contributed by atoms with Gasteiger partial charge in [0.05, 0.1) is 12.3 Å². The van der Waals surface area contributed by atoms with Crippen molar-refractivity contribution in [2.75, 3.05) is 25.1 Å². The van der Waals surface area contributed by atoms with Crippen molar-refractivity contribution in [3.8, 4) is 0 Å². The average Bonchev–Trinajstić information content (AvgIpc) is 2.24. The summed E-state index contributed by atoms with van der Waals surface area (Å²) in [5, 5.41) is 4.08. The highest BCUT2D eigenvalue weighted by atomic mass is 79.9. The lowest BCUT2D eigenvalue weighted by Gasteiger charge is -2.11. The van der Waals surface area contributed by atoms with Crippen LogP contribution in [0.1, 0.15) is 19.4 Å². The van der Waals surface area contributed by atoms with Crippen LogP contribution in [0, 0.1) is 12.8 Å². The number of benzene rings is 1. The molecule has 1 rings (SSSR count). The number of anilines is 1. The van der Waals surface area contributed by atoms with Crippen molar-refractivity contribution < 1.29 is 4.74 Å². The first-order valence-corrected chi connectivity index (χ1v) is 6.95. The molecule has 0 saturated heterocycles. The lowest BCUT2D eigenvalue weighted by atomic mass is 10.2. The van der Waals surface area contributed by atoms with Crippen molar-refractivity contribution >= 4 is 33.2 Å². The van der Waals surface area contributed by atoms with Crippen molar-refractivity contribution in [3.05, 3.63) is 27.2 Å². The van der Waals surface area contributed by atoms with Crippen LogP contribution < -0.4 is 5.32 Å². The standard InChI is InChI=1S/C13H19BrClNO/c1-9(2)8-17-5-4-16-13-7-12(15)10(3)6-11(13)14/h6-7,9,16H,4-5,8H2,1-3H3. The lowest BCUT2D eigenvalue weighted by Crippen LogP contribution is -2.12. The SMILES string of the molecule is Cc1cc(Br)c(NCCOCC(C)C)cc1Cl. The maximum Gasteiger partial charge on any atom is 0.0639 e. The molecule has 0 aliphatic carbocycles. The van der Waals surface area contributed by atoms with Crippen LogP contribution >= 0.6 is 27.5 Å². The molecule has 0 heterocycles. The molecule has 1 aromatic carbocycles. The first kappa shape index (κ1) is 14.8. The molecule has 0 amide bonds. The summed E-state index contributed by atoms with van der Waals surface area (Å²) in [5.74, 6) is 0.579. The smallest absolute Gasteiger partial charge is 0.0639 e. The zero-order chi connectivity index (χ0) is 12.8. The molecule has 0 bridgehead atoms. The number of rotatable bonds is 6. The minimum Gasteiger partial charge on any atom is -0.382 e. The minimum atomic E-state index is 0.579. The average molecular weight is 321 g/mol. The van der Waals surface area contributed by atoms with E-state index in [9.17, 15) is 0 Å². The highest BCUT2D eigenvalue weighted by Gasteiger charge is 2.03. The first-order chi connectivity index (χ1) is 8.00. The van der Waals surface area contributed by atoms with E-state index in [4.69, 9.17) is 16.3 Å². The number of hydrogen-bond acceptors (Lipinski definition) is 2. The predicted molar refractivity (Wildman–Crippen MR) is 78.0 cm³/mol. The van der Waals surface area contributed by atoms with Gasteiger partial charge in [-0.1, -0.05) is 25.4 Å². The highest BCUT2D eigenvalue weighted by Crippen LogP contribution is 2.28. The molecule has 0 spiro atoms. The Balaban J connectivity index is 2.39. The van der Waals surface area contributed by atoms with E-state index in [-0.39, 0.29) is 0 Å². The van der Waals surface area contributed by atoms with Gasteiger partial charge in [-0.05, 0) is 46.5 Å². The highest BCUT2D eigenvalue weighted by molar-refractivity contribution is 9.10. The maximum absolute atomic E-state index is 6.08. The zero-order valence-electron chi connectivity index (χ0n) is 10.5. The summed E-state index contributed by atoms with van der Waals surface area (Å²) < 4.78 is 6.53. The van der Waals surface area contributed by atoms with Crippen LogP contribution in [0.5, 0.6) is 0 Å². The summed E-state index contributed by atoms with van der Waals surface area (Å²) in [4.78, 5) is 0. The van der Waals surface area contributed by atoms with E-state index in [1.807, 2.05) is 19.1 Å². The fourth-order valence-corrected chi connectivity index (χ4v) is 2.12. The minimum absolute atomic E-state index is 0.579. The molecular formula is C13H19BrClNO. The lowest BCUT2D eigenvalue weighted by molar-refractivity contribution is 0.118. The summed E-state index contributed by atoms with van der Waals surface area (Å²) in [6, 6.07) is 3.95. The molecule has 0 aliphatic rings. The quantitative estimate of drug-likeness (QED) is 0.779. The Morgan fingerprint density at radius 2 is 2.12 bits per heavy atom. The predicted octanol–water partition coefficient (Wildman–Crippen LogP) is 4.50. The third-order valence-electron chi connectivity index (χ3n) is 2.26. The number of halogens is 2. The van der Waals surface area contributed by atoms with Crippen molar-refractivity contribution in [2.45, 2.75) is 20.8 Å². The Morgan fingerprint density at radius 1 is 1.41 bits per heavy atom. The van der Waals surface area contributed by atoms with Gasteiger partial charge in [-0.15, -0.1) is 0 Å². The number of nitrogens with one attached hydrogen (secondary N) is 1. The molecule has 0 atom stereocenters. The van der Waals surface area contributed by atoms with Gasteiger partial charge >= 0.3 is 0 Å². The largest absolute Gasteiger partial charge is 0.382 e. The molecule has 17 heavy (non-hydrogen) atoms. The van der Waals surface area contributed by atoms with Gasteiger partial charge < -0.3 is 10.1 Å². The second-order valence-electron chi connectivity index (χ2n) is 4.48. The van der Waals surface area contributed by atoms with E-state index in [2.05, 4.69) is 35.1 Å². The van der Waals surface area contributed by atoms with Gasteiger partial charge in [0.15, 0.2) is 0 Å². The van der Waals surface area contributed by atoms with Gasteiger partial charge in [0.1, 0.15) is 0 Å². The molecule has 1 aromatic rings. The van der Waals surface area contributed by atoms with Crippen LogP contribution in [0.4, 0.5) is 5.69 Å². The van der Waals surface area contributed by atoms with E-state index < -0.39 is 0 Å². The van der Waals surface area contributed by atoms with Crippen LogP contribution in [0.25, 0.3) is 0 Å². The maximum atomic E-state index is 6.08. The molecular weight excluding hydrogens is 302 g/mol. The molecule has 4 heteroatoms. The Hall–Kier alpha value is -0.250. The topological polar surface area (TPSA) is 21.3 Å². The first-order valence-electron chi connectivity index (χ1n) is 5.78. The Morgan fingerprint density at radius 3 is 2.76 bits per heavy atom. The molecule has 0 aromatic heterocycles. The summed E-state index contributed by atoms with van der Waals surface area (Å²) in [6.45, 7) is 8.56. The third kappa shape index (κ3) is 5.28. The van der Waals surface area contributed by atoms with Gasteiger partial charge in [0.2, 0.25) is 0 Å². The van der Waals surface area contributed by atoms with Crippen molar-refractivity contribution in [1.29, 1.82) is 0 Å². The van der Waals surface area contributed by atoms with Crippen molar-refractivity contribution in [3.63, 3.8) is 0 Å². The van der Waals surface area contributed by atoms with E-state index in [0.29, 0.717) is 12.5 Å². The number of aryl methyl sites for hydroxylation is 1. The van der Waals surface area contributed by atoms with Crippen LogP contribution in [-0.4, -0.2) is 19.8 Å². The molecule has 0 fully saturated rings. The van der Waals surface area contributed by atoms with Gasteiger partial charge in [-0.25, -0.2) is 0 Å². The van der Waals surface area contributed by atoms with E-state index in [1.165, 1.54) is 0 Å². The van der Waals surface area contributed by atoms with Crippen LogP contribution in [0.3, 0.4) is 0 Å². The second kappa shape index (κ2) is 7.24. The van der Waals surface area contributed by atoms with E-state index in [1.54, 1.807) is 0 Å². The summed E-state index contributed by atoms with van der Waals surface area (Å²) in [5.41, 5.74) is 2.08. The van der Waals surface area contributed by atoms with Gasteiger partial charge in [0.25, 0.3) is 0 Å².